The Bertz CT molecular complexity index is 1260. The molecule has 0 radical (unpaired) electrons. The highest BCUT2D eigenvalue weighted by molar-refractivity contribution is 7.99. The molecule has 12 nitrogen and oxygen atoms in total. The summed E-state index contributed by atoms with van der Waals surface area (Å²) in [6.45, 7) is 1.81. The number of rotatable bonds is 10. The number of nitro benzene ring substituents is 1. The average Bonchev–Trinajstić information content (AvgIpc) is 3.20. The quantitative estimate of drug-likeness (QED) is 0.243. The smallest absolute Gasteiger partial charge is 0.269 e. The van der Waals surface area contributed by atoms with Gasteiger partial charge in [-0.15, -0.1) is 10.2 Å². The van der Waals surface area contributed by atoms with Crippen LogP contribution in [0.3, 0.4) is 0 Å². The Balaban J connectivity index is 1.55. The fraction of sp³-hybridized carbons (Fsp3) is 0.273. The molecule has 0 saturated carbocycles. The zero-order valence-electron chi connectivity index (χ0n) is 19.5. The molecule has 2 amide bonds. The number of anilines is 1. The summed E-state index contributed by atoms with van der Waals surface area (Å²) in [5, 5.41) is 25.0. The number of nitrogens with zero attached hydrogens (tertiary/aromatic N) is 4. The Morgan fingerprint density at radius 2 is 1.86 bits per heavy atom. The average molecular weight is 501 g/mol. The second-order valence-corrected chi connectivity index (χ2v) is 8.25. The number of methoxy groups -OCH3 is 2. The summed E-state index contributed by atoms with van der Waals surface area (Å²) < 4.78 is 12.1. The first-order valence-electron chi connectivity index (χ1n) is 10.3. The molecule has 0 bridgehead atoms. The van der Waals surface area contributed by atoms with E-state index in [1.165, 1.54) is 44.2 Å². The Kier molecular flexibility index (Phi) is 8.25. The van der Waals surface area contributed by atoms with Gasteiger partial charge in [-0.25, -0.2) is 0 Å². The molecule has 0 atom stereocenters. The lowest BCUT2D eigenvalue weighted by atomic mass is 10.2. The van der Waals surface area contributed by atoms with Crippen molar-refractivity contribution < 1.29 is 24.0 Å². The van der Waals surface area contributed by atoms with Gasteiger partial charge in [-0.1, -0.05) is 11.8 Å². The van der Waals surface area contributed by atoms with Gasteiger partial charge in [0.05, 0.1) is 31.4 Å². The standard InChI is InChI=1S/C22H24N6O6S/c1-13-9-15(28(31)32)6-7-16(13)24-20(29)12-35-22-26-25-19(27(22)2)11-23-21(30)14-5-8-17(33-3)18(10-14)34-4/h5-10H,11-12H2,1-4H3,(H,23,30)(H,24,29). The number of aryl methyl sites for hydroxylation is 1. The SMILES string of the molecule is COc1ccc(C(=O)NCc2nnc(SCC(=O)Nc3ccc([N+](=O)[O-])cc3C)n2C)cc1OC. The number of benzene rings is 2. The maximum absolute atomic E-state index is 12.5. The highest BCUT2D eigenvalue weighted by atomic mass is 32.2. The fourth-order valence-corrected chi connectivity index (χ4v) is 3.81. The molecule has 0 aliphatic carbocycles. The molecule has 184 valence electrons. The van der Waals surface area contributed by atoms with E-state index < -0.39 is 4.92 Å². The van der Waals surface area contributed by atoms with Gasteiger partial charge in [0.1, 0.15) is 0 Å². The van der Waals surface area contributed by atoms with E-state index in [-0.39, 0.29) is 29.8 Å². The lowest BCUT2D eigenvalue weighted by Gasteiger charge is -2.10. The monoisotopic (exact) mass is 500 g/mol. The Hall–Kier alpha value is -4.13. The molecule has 2 aromatic carbocycles. The maximum Gasteiger partial charge on any atom is 0.269 e. The Morgan fingerprint density at radius 3 is 2.51 bits per heavy atom. The van der Waals surface area contributed by atoms with Gasteiger partial charge < -0.3 is 24.7 Å². The Morgan fingerprint density at radius 1 is 1.11 bits per heavy atom. The molecule has 0 saturated heterocycles. The van der Waals surface area contributed by atoms with E-state index in [0.29, 0.717) is 39.3 Å². The summed E-state index contributed by atoms with van der Waals surface area (Å²) in [7, 11) is 4.74. The molecule has 35 heavy (non-hydrogen) atoms. The minimum Gasteiger partial charge on any atom is -0.493 e. The van der Waals surface area contributed by atoms with Gasteiger partial charge in [0.15, 0.2) is 22.5 Å². The molecule has 3 aromatic rings. The van der Waals surface area contributed by atoms with E-state index in [2.05, 4.69) is 20.8 Å². The van der Waals surface area contributed by atoms with E-state index in [0.717, 1.165) is 0 Å². The van der Waals surface area contributed by atoms with Gasteiger partial charge in [0.2, 0.25) is 5.91 Å². The maximum atomic E-state index is 12.5. The van der Waals surface area contributed by atoms with Crippen LogP contribution in [0.25, 0.3) is 0 Å². The minimum atomic E-state index is -0.490. The molecule has 0 spiro atoms. The van der Waals surface area contributed by atoms with E-state index in [9.17, 15) is 19.7 Å². The first kappa shape index (κ1) is 25.5. The third-order valence-corrected chi connectivity index (χ3v) is 6.03. The number of hydrogen-bond donors (Lipinski definition) is 2. The van der Waals surface area contributed by atoms with Crippen molar-refractivity contribution >= 4 is 35.0 Å². The lowest BCUT2D eigenvalue weighted by Crippen LogP contribution is -2.24. The van der Waals surface area contributed by atoms with Crippen LogP contribution >= 0.6 is 11.8 Å². The molecule has 13 heteroatoms. The zero-order chi connectivity index (χ0) is 25.5. The number of ether oxygens (including phenoxy) is 2. The van der Waals surface area contributed by atoms with Gasteiger partial charge >= 0.3 is 0 Å². The number of nitro groups is 1. The van der Waals surface area contributed by atoms with Crippen LogP contribution in [0.4, 0.5) is 11.4 Å². The number of carbonyl (C=O) groups is 2. The van der Waals surface area contributed by atoms with Gasteiger partial charge in [0, 0.05) is 30.4 Å². The van der Waals surface area contributed by atoms with Crippen molar-refractivity contribution in [2.75, 3.05) is 25.3 Å². The second-order valence-electron chi connectivity index (χ2n) is 7.30. The van der Waals surface area contributed by atoms with Crippen LogP contribution in [-0.2, 0) is 18.4 Å². The van der Waals surface area contributed by atoms with E-state index >= 15 is 0 Å². The van der Waals surface area contributed by atoms with E-state index in [1.807, 2.05) is 0 Å². The molecule has 1 heterocycles. The van der Waals surface area contributed by atoms with Crippen molar-refractivity contribution in [3.8, 4) is 11.5 Å². The molecule has 0 fully saturated rings. The molecule has 0 aliphatic heterocycles. The first-order chi connectivity index (χ1) is 16.7. The second kappa shape index (κ2) is 11.3. The molecular weight excluding hydrogens is 476 g/mol. The number of aromatic nitrogens is 3. The van der Waals surface area contributed by atoms with Crippen molar-refractivity contribution in [3.05, 3.63) is 63.5 Å². The predicted molar refractivity (Wildman–Crippen MR) is 129 cm³/mol. The van der Waals surface area contributed by atoms with Gasteiger partial charge in [-0.3, -0.25) is 19.7 Å². The molecule has 1 aromatic heterocycles. The van der Waals surface area contributed by atoms with Crippen LogP contribution in [0.15, 0.2) is 41.6 Å². The topological polar surface area (TPSA) is 151 Å². The van der Waals surface area contributed by atoms with Crippen LogP contribution in [0.2, 0.25) is 0 Å². The number of hydrogen-bond acceptors (Lipinski definition) is 9. The third-order valence-electron chi connectivity index (χ3n) is 5.01. The molecule has 0 unspecified atom stereocenters. The lowest BCUT2D eigenvalue weighted by molar-refractivity contribution is -0.384. The summed E-state index contributed by atoms with van der Waals surface area (Å²) in [5.41, 5.74) is 1.44. The van der Waals surface area contributed by atoms with Gasteiger partial charge in [-0.05, 0) is 36.8 Å². The van der Waals surface area contributed by atoms with E-state index in [4.69, 9.17) is 9.47 Å². The fourth-order valence-electron chi connectivity index (χ4n) is 3.08. The number of carbonyl (C=O) groups excluding carboxylic acids is 2. The Labute approximate surface area is 205 Å². The minimum absolute atomic E-state index is 0.0419. The highest BCUT2D eigenvalue weighted by Crippen LogP contribution is 2.27. The van der Waals surface area contributed by atoms with E-state index in [1.54, 1.807) is 36.7 Å². The summed E-state index contributed by atoms with van der Waals surface area (Å²) >= 11 is 1.17. The molecule has 3 rings (SSSR count). The van der Waals surface area contributed by atoms with Crippen molar-refractivity contribution in [3.63, 3.8) is 0 Å². The normalized spacial score (nSPS) is 10.5. The number of thioether (sulfide) groups is 1. The van der Waals surface area contributed by atoms with Crippen LogP contribution in [0.5, 0.6) is 11.5 Å². The summed E-state index contributed by atoms with van der Waals surface area (Å²) in [6.07, 6.45) is 0. The summed E-state index contributed by atoms with van der Waals surface area (Å²) in [5.74, 6) is 0.916. The number of amides is 2. The van der Waals surface area contributed by atoms with Crippen molar-refractivity contribution in [1.82, 2.24) is 20.1 Å². The number of nitrogens with one attached hydrogen (secondary N) is 2. The highest BCUT2D eigenvalue weighted by Gasteiger charge is 2.15. The van der Waals surface area contributed by atoms with Crippen LogP contribution in [0, 0.1) is 17.0 Å². The van der Waals surface area contributed by atoms with Crippen LogP contribution in [-0.4, -0.2) is 51.5 Å². The van der Waals surface area contributed by atoms with Crippen molar-refractivity contribution in [2.45, 2.75) is 18.6 Å². The molecular formula is C22H24N6O6S. The van der Waals surface area contributed by atoms with Crippen LogP contribution < -0.4 is 20.1 Å². The summed E-state index contributed by atoms with van der Waals surface area (Å²) in [6, 6.07) is 9.08. The molecule has 0 aliphatic rings. The third kappa shape index (κ3) is 6.26. The zero-order valence-corrected chi connectivity index (χ0v) is 20.3. The summed E-state index contributed by atoms with van der Waals surface area (Å²) in [4.78, 5) is 35.2. The van der Waals surface area contributed by atoms with Crippen molar-refractivity contribution in [2.24, 2.45) is 7.05 Å². The van der Waals surface area contributed by atoms with Gasteiger partial charge in [-0.2, -0.15) is 0 Å². The number of non-ortho nitro benzene ring substituents is 1. The van der Waals surface area contributed by atoms with Crippen molar-refractivity contribution in [1.29, 1.82) is 0 Å². The largest absolute Gasteiger partial charge is 0.493 e. The first-order valence-corrected chi connectivity index (χ1v) is 11.3. The van der Waals surface area contributed by atoms with Crippen LogP contribution in [0.1, 0.15) is 21.7 Å². The molecule has 2 N–H and O–H groups in total. The predicted octanol–water partition coefficient (Wildman–Crippen LogP) is 2.71. The van der Waals surface area contributed by atoms with Gasteiger partial charge in [0.25, 0.3) is 11.6 Å².